The van der Waals surface area contributed by atoms with E-state index in [1.54, 1.807) is 14.2 Å². The third-order valence-corrected chi connectivity index (χ3v) is 4.33. The van der Waals surface area contributed by atoms with Crippen molar-refractivity contribution in [2.45, 2.75) is 46.4 Å². The summed E-state index contributed by atoms with van der Waals surface area (Å²) in [4.78, 5) is 2.40. The van der Waals surface area contributed by atoms with E-state index in [-0.39, 0.29) is 0 Å². The van der Waals surface area contributed by atoms with E-state index in [1.807, 2.05) is 22.9 Å². The minimum Gasteiger partial charge on any atom is -0.493 e. The number of nitrogens with zero attached hydrogens (tertiary/aromatic N) is 3. The Labute approximate surface area is 150 Å². The van der Waals surface area contributed by atoms with Crippen LogP contribution in [0.1, 0.15) is 30.7 Å². The Morgan fingerprint density at radius 3 is 2.52 bits per heavy atom. The van der Waals surface area contributed by atoms with E-state index in [2.05, 4.69) is 49.6 Å². The molecule has 0 unspecified atom stereocenters. The summed E-state index contributed by atoms with van der Waals surface area (Å²) in [5, 5.41) is 4.55. The molecule has 0 fully saturated rings. The first-order chi connectivity index (χ1) is 12.0. The first kappa shape index (κ1) is 19.1. The lowest BCUT2D eigenvalue weighted by molar-refractivity contribution is 0.200. The Morgan fingerprint density at radius 1 is 1.20 bits per heavy atom. The molecule has 0 N–H and O–H groups in total. The molecule has 0 aliphatic heterocycles. The van der Waals surface area contributed by atoms with Gasteiger partial charge < -0.3 is 9.47 Å². The van der Waals surface area contributed by atoms with Crippen molar-refractivity contribution in [3.8, 4) is 11.5 Å². The number of aromatic nitrogens is 2. The fourth-order valence-electron chi connectivity index (χ4n) is 2.88. The number of para-hydroxylation sites is 1. The monoisotopic (exact) mass is 343 g/mol. The number of allylic oxidation sites excluding steroid dienone is 1. The molecule has 0 bridgehead atoms. The second-order valence-electron chi connectivity index (χ2n) is 6.40. The molecule has 0 aliphatic rings. The van der Waals surface area contributed by atoms with Gasteiger partial charge in [0.2, 0.25) is 0 Å². The molecule has 0 radical (unpaired) electrons. The summed E-state index contributed by atoms with van der Waals surface area (Å²) in [6, 6.07) is 6.40. The average Bonchev–Trinajstić information content (AvgIpc) is 2.93. The van der Waals surface area contributed by atoms with Gasteiger partial charge in [-0.15, -0.1) is 6.58 Å². The third kappa shape index (κ3) is 4.63. The molecule has 1 aromatic carbocycles. The number of hydrogen-bond acceptors (Lipinski definition) is 4. The number of ether oxygens (including phenoxy) is 2. The molecule has 2 aromatic rings. The zero-order valence-electron chi connectivity index (χ0n) is 16.0. The summed E-state index contributed by atoms with van der Waals surface area (Å²) >= 11 is 0. The highest BCUT2D eigenvalue weighted by Gasteiger charge is 2.18. The SMILES string of the molecule is C=CCn1cc(CN(Cc2cccc(OC)c2OC)C(C)C)c(C)n1. The summed E-state index contributed by atoms with van der Waals surface area (Å²) < 4.78 is 12.9. The molecule has 5 heteroatoms. The van der Waals surface area contributed by atoms with Gasteiger partial charge in [-0.25, -0.2) is 0 Å². The maximum Gasteiger partial charge on any atom is 0.165 e. The van der Waals surface area contributed by atoms with Crippen molar-refractivity contribution in [1.29, 1.82) is 0 Å². The third-order valence-electron chi connectivity index (χ3n) is 4.33. The lowest BCUT2D eigenvalue weighted by Gasteiger charge is -2.27. The zero-order chi connectivity index (χ0) is 18.4. The van der Waals surface area contributed by atoms with Crippen molar-refractivity contribution >= 4 is 0 Å². The van der Waals surface area contributed by atoms with Gasteiger partial charge in [0, 0.05) is 36.5 Å². The van der Waals surface area contributed by atoms with E-state index in [4.69, 9.17) is 9.47 Å². The van der Waals surface area contributed by atoms with Crippen LogP contribution in [0.5, 0.6) is 11.5 Å². The van der Waals surface area contributed by atoms with E-state index in [0.717, 1.165) is 42.4 Å². The van der Waals surface area contributed by atoms with Crippen LogP contribution in [0.2, 0.25) is 0 Å². The highest BCUT2D eigenvalue weighted by atomic mass is 16.5. The molecule has 0 amide bonds. The van der Waals surface area contributed by atoms with Crippen LogP contribution < -0.4 is 9.47 Å². The van der Waals surface area contributed by atoms with Crippen molar-refractivity contribution in [3.05, 3.63) is 53.9 Å². The standard InChI is InChI=1S/C20H29N3O2/c1-7-11-23-14-18(16(4)21-23)13-22(15(2)3)12-17-9-8-10-19(24-5)20(17)25-6/h7-10,14-15H,1,11-13H2,2-6H3. The smallest absolute Gasteiger partial charge is 0.165 e. The molecule has 136 valence electrons. The van der Waals surface area contributed by atoms with E-state index in [9.17, 15) is 0 Å². The summed E-state index contributed by atoms with van der Waals surface area (Å²) in [6.45, 7) is 12.6. The number of benzene rings is 1. The molecular formula is C20H29N3O2. The highest BCUT2D eigenvalue weighted by Crippen LogP contribution is 2.32. The molecule has 0 saturated heterocycles. The van der Waals surface area contributed by atoms with Gasteiger partial charge in [-0.2, -0.15) is 5.10 Å². The maximum atomic E-state index is 5.58. The molecule has 1 heterocycles. The van der Waals surface area contributed by atoms with Crippen LogP contribution >= 0.6 is 0 Å². The molecule has 0 saturated carbocycles. The summed E-state index contributed by atoms with van der Waals surface area (Å²) in [6.07, 6.45) is 3.97. The number of rotatable bonds is 9. The Hall–Kier alpha value is -2.27. The molecule has 0 aliphatic carbocycles. The topological polar surface area (TPSA) is 39.5 Å². The van der Waals surface area contributed by atoms with Crippen LogP contribution in [-0.4, -0.2) is 34.9 Å². The largest absolute Gasteiger partial charge is 0.493 e. The van der Waals surface area contributed by atoms with Crippen LogP contribution in [0.4, 0.5) is 0 Å². The molecule has 1 aromatic heterocycles. The van der Waals surface area contributed by atoms with Gasteiger partial charge in [-0.3, -0.25) is 9.58 Å². The van der Waals surface area contributed by atoms with Crippen molar-refractivity contribution in [2.24, 2.45) is 0 Å². The van der Waals surface area contributed by atoms with Crippen LogP contribution in [0.15, 0.2) is 37.1 Å². The second-order valence-corrected chi connectivity index (χ2v) is 6.40. The van der Waals surface area contributed by atoms with Gasteiger partial charge in [0.05, 0.1) is 26.5 Å². The zero-order valence-corrected chi connectivity index (χ0v) is 16.0. The first-order valence-corrected chi connectivity index (χ1v) is 8.57. The lowest BCUT2D eigenvalue weighted by Crippen LogP contribution is -2.30. The summed E-state index contributed by atoms with van der Waals surface area (Å²) in [7, 11) is 3.35. The van der Waals surface area contributed by atoms with Gasteiger partial charge in [-0.05, 0) is 26.8 Å². The van der Waals surface area contributed by atoms with Crippen LogP contribution in [0.3, 0.4) is 0 Å². The Bertz CT molecular complexity index is 707. The molecule has 0 spiro atoms. The van der Waals surface area contributed by atoms with Gasteiger partial charge in [-0.1, -0.05) is 18.2 Å². The highest BCUT2D eigenvalue weighted by molar-refractivity contribution is 5.46. The minimum absolute atomic E-state index is 0.387. The summed E-state index contributed by atoms with van der Waals surface area (Å²) in [5.74, 6) is 1.56. The quantitative estimate of drug-likeness (QED) is 0.649. The predicted octanol–water partition coefficient (Wildman–Crippen LogP) is 3.81. The number of aryl methyl sites for hydroxylation is 1. The molecule has 25 heavy (non-hydrogen) atoms. The fourth-order valence-corrected chi connectivity index (χ4v) is 2.88. The van der Waals surface area contributed by atoms with Crippen molar-refractivity contribution in [3.63, 3.8) is 0 Å². The molecule has 5 nitrogen and oxygen atoms in total. The van der Waals surface area contributed by atoms with E-state index >= 15 is 0 Å². The lowest BCUT2D eigenvalue weighted by atomic mass is 10.1. The van der Waals surface area contributed by atoms with E-state index < -0.39 is 0 Å². The molecule has 2 rings (SSSR count). The summed E-state index contributed by atoms with van der Waals surface area (Å²) in [5.41, 5.74) is 3.41. The van der Waals surface area contributed by atoms with Gasteiger partial charge in [0.25, 0.3) is 0 Å². The van der Waals surface area contributed by atoms with Gasteiger partial charge in [0.1, 0.15) is 0 Å². The van der Waals surface area contributed by atoms with Crippen LogP contribution in [-0.2, 0) is 19.6 Å². The maximum absolute atomic E-state index is 5.58. The Kier molecular flexibility index (Phi) is 6.65. The second kappa shape index (κ2) is 8.72. The van der Waals surface area contributed by atoms with Gasteiger partial charge >= 0.3 is 0 Å². The predicted molar refractivity (Wildman–Crippen MR) is 101 cm³/mol. The molecule has 0 atom stereocenters. The average molecular weight is 343 g/mol. The first-order valence-electron chi connectivity index (χ1n) is 8.57. The van der Waals surface area contributed by atoms with Crippen LogP contribution in [0, 0.1) is 6.92 Å². The Balaban J connectivity index is 2.24. The van der Waals surface area contributed by atoms with Crippen LogP contribution in [0.25, 0.3) is 0 Å². The van der Waals surface area contributed by atoms with E-state index in [1.165, 1.54) is 5.56 Å². The van der Waals surface area contributed by atoms with E-state index in [0.29, 0.717) is 6.04 Å². The minimum atomic E-state index is 0.387. The molecular weight excluding hydrogens is 314 g/mol. The van der Waals surface area contributed by atoms with Gasteiger partial charge in [0.15, 0.2) is 11.5 Å². The van der Waals surface area contributed by atoms with Crippen molar-refractivity contribution in [1.82, 2.24) is 14.7 Å². The fraction of sp³-hybridized carbons (Fsp3) is 0.450. The van der Waals surface area contributed by atoms with Crippen molar-refractivity contribution < 1.29 is 9.47 Å². The number of methoxy groups -OCH3 is 2. The Morgan fingerprint density at radius 2 is 1.92 bits per heavy atom. The number of hydrogen-bond donors (Lipinski definition) is 0. The van der Waals surface area contributed by atoms with Crippen molar-refractivity contribution in [2.75, 3.05) is 14.2 Å². The normalized spacial score (nSPS) is 11.2.